The average Bonchev–Trinajstić information content (AvgIpc) is 3.24. The lowest BCUT2D eigenvalue weighted by Crippen LogP contribution is -2.11. The summed E-state index contributed by atoms with van der Waals surface area (Å²) in [5.74, 6) is 0.279. The first-order valence-electron chi connectivity index (χ1n) is 7.68. The number of halogens is 1. The molecule has 0 atom stereocenters. The van der Waals surface area contributed by atoms with Crippen molar-refractivity contribution in [3.8, 4) is 5.69 Å². The van der Waals surface area contributed by atoms with E-state index in [0.29, 0.717) is 11.4 Å². The molecule has 4 rings (SSSR count). The number of nitrogens with zero attached hydrogens (tertiary/aromatic N) is 3. The second kappa shape index (κ2) is 6.32. The molecule has 25 heavy (non-hydrogen) atoms. The van der Waals surface area contributed by atoms with Gasteiger partial charge in [0.2, 0.25) is 0 Å². The van der Waals surface area contributed by atoms with Crippen LogP contribution in [0.15, 0.2) is 54.9 Å². The van der Waals surface area contributed by atoms with Crippen molar-refractivity contribution < 1.29 is 4.79 Å². The average molecular weight is 443 g/mol. The molecule has 0 spiro atoms. The van der Waals surface area contributed by atoms with E-state index in [9.17, 15) is 4.79 Å². The predicted octanol–water partition coefficient (Wildman–Crippen LogP) is 3.91. The fraction of sp³-hybridized carbons (Fsp3) is 0.0556. The summed E-state index contributed by atoms with van der Waals surface area (Å²) in [4.78, 5) is 12.6. The Morgan fingerprint density at radius 2 is 2.04 bits per heavy atom. The summed E-state index contributed by atoms with van der Waals surface area (Å²) >= 11 is 2.23. The van der Waals surface area contributed by atoms with E-state index in [2.05, 4.69) is 43.2 Å². The fourth-order valence-corrected chi connectivity index (χ4v) is 3.45. The zero-order valence-electron chi connectivity index (χ0n) is 13.3. The molecule has 0 aliphatic rings. The monoisotopic (exact) mass is 443 g/mol. The molecule has 0 saturated carbocycles. The summed E-state index contributed by atoms with van der Waals surface area (Å²) in [6, 6.07) is 13.7. The molecule has 124 valence electrons. The molecule has 0 aliphatic heterocycles. The lowest BCUT2D eigenvalue weighted by atomic mass is 10.2. The highest BCUT2D eigenvalue weighted by Crippen LogP contribution is 2.26. The van der Waals surface area contributed by atoms with Gasteiger partial charge in [0.15, 0.2) is 5.82 Å². The maximum Gasteiger partial charge on any atom is 0.260 e. The Labute approximate surface area is 157 Å². The van der Waals surface area contributed by atoms with Crippen LogP contribution >= 0.6 is 22.6 Å². The minimum atomic E-state index is -0.243. The van der Waals surface area contributed by atoms with Crippen molar-refractivity contribution in [1.82, 2.24) is 20.0 Å². The minimum Gasteiger partial charge on any atom is -0.304 e. The third-order valence-electron chi connectivity index (χ3n) is 3.98. The van der Waals surface area contributed by atoms with E-state index in [4.69, 9.17) is 0 Å². The second-order valence-corrected chi connectivity index (χ2v) is 6.81. The van der Waals surface area contributed by atoms with Crippen molar-refractivity contribution in [2.75, 3.05) is 5.32 Å². The second-order valence-electron chi connectivity index (χ2n) is 5.65. The number of fused-ring (bicyclic) bond motifs is 1. The van der Waals surface area contributed by atoms with Gasteiger partial charge in [-0.05, 0) is 53.3 Å². The summed E-state index contributed by atoms with van der Waals surface area (Å²) in [6.07, 6.45) is 3.28. The molecule has 0 unspecified atom stereocenters. The number of hydrogen-bond donors (Lipinski definition) is 2. The Hall–Kier alpha value is -2.68. The molecule has 2 aromatic carbocycles. The number of amides is 1. The largest absolute Gasteiger partial charge is 0.304 e. The lowest BCUT2D eigenvalue weighted by Gasteiger charge is -2.04. The van der Waals surface area contributed by atoms with Gasteiger partial charge < -0.3 is 5.32 Å². The highest BCUT2D eigenvalue weighted by Gasteiger charge is 2.15. The van der Waals surface area contributed by atoms with Crippen LogP contribution < -0.4 is 5.32 Å². The molecule has 7 heteroatoms. The molecule has 0 bridgehead atoms. The van der Waals surface area contributed by atoms with E-state index in [1.165, 1.54) is 0 Å². The number of benzene rings is 2. The normalized spacial score (nSPS) is 11.0. The van der Waals surface area contributed by atoms with Gasteiger partial charge in [-0.3, -0.25) is 9.89 Å². The van der Waals surface area contributed by atoms with Gasteiger partial charge in [-0.1, -0.05) is 24.3 Å². The molecule has 1 amide bonds. The number of aryl methyl sites for hydroxylation is 1. The maximum absolute atomic E-state index is 12.6. The highest BCUT2D eigenvalue weighted by atomic mass is 127. The smallest absolute Gasteiger partial charge is 0.260 e. The van der Waals surface area contributed by atoms with E-state index in [-0.39, 0.29) is 5.91 Å². The summed E-state index contributed by atoms with van der Waals surface area (Å²) in [5.41, 5.74) is 3.40. The first-order chi connectivity index (χ1) is 12.1. The predicted molar refractivity (Wildman–Crippen MR) is 105 cm³/mol. The van der Waals surface area contributed by atoms with Crippen molar-refractivity contribution in [3.05, 3.63) is 69.6 Å². The Kier molecular flexibility index (Phi) is 4.00. The van der Waals surface area contributed by atoms with Gasteiger partial charge in [0.05, 0.1) is 28.4 Å². The molecular weight excluding hydrogens is 429 g/mol. The summed E-state index contributed by atoms with van der Waals surface area (Å²) in [5, 5.41) is 15.2. The van der Waals surface area contributed by atoms with Gasteiger partial charge in [0, 0.05) is 9.77 Å². The van der Waals surface area contributed by atoms with Gasteiger partial charge in [-0.2, -0.15) is 10.2 Å². The van der Waals surface area contributed by atoms with E-state index >= 15 is 0 Å². The lowest BCUT2D eigenvalue weighted by molar-refractivity contribution is 0.102. The maximum atomic E-state index is 12.6. The number of H-pyrrole nitrogens is 1. The Bertz CT molecular complexity index is 1080. The van der Waals surface area contributed by atoms with Crippen LogP contribution in [0.25, 0.3) is 16.6 Å². The third kappa shape index (κ3) is 2.91. The summed E-state index contributed by atoms with van der Waals surface area (Å²) in [7, 11) is 0. The molecule has 2 aromatic heterocycles. The van der Waals surface area contributed by atoms with Crippen LogP contribution in [0.2, 0.25) is 0 Å². The Morgan fingerprint density at radius 1 is 1.20 bits per heavy atom. The van der Waals surface area contributed by atoms with Gasteiger partial charge in [-0.25, -0.2) is 4.68 Å². The first kappa shape index (κ1) is 15.8. The van der Waals surface area contributed by atoms with Crippen molar-refractivity contribution in [3.63, 3.8) is 0 Å². The van der Waals surface area contributed by atoms with Gasteiger partial charge >= 0.3 is 0 Å². The Balaban J connectivity index is 1.63. The van der Waals surface area contributed by atoms with Gasteiger partial charge in [0.1, 0.15) is 0 Å². The van der Waals surface area contributed by atoms with Crippen molar-refractivity contribution in [1.29, 1.82) is 0 Å². The molecule has 0 aliphatic carbocycles. The number of nitrogens with one attached hydrogen (secondary N) is 2. The fourth-order valence-electron chi connectivity index (χ4n) is 2.69. The van der Waals surface area contributed by atoms with Crippen LogP contribution in [-0.2, 0) is 0 Å². The summed E-state index contributed by atoms with van der Waals surface area (Å²) < 4.78 is 2.73. The highest BCUT2D eigenvalue weighted by molar-refractivity contribution is 14.1. The standard InChI is InChI=1S/C18H14IN5O/c1-11-5-2-3-8-15(11)24-10-12(9-20-24)18(25)21-17-16-13(19)6-4-7-14(16)22-23-17/h2-10H,1H3,(H2,21,22,23,25). The van der Waals surface area contributed by atoms with Crippen molar-refractivity contribution in [2.24, 2.45) is 0 Å². The number of anilines is 1. The number of carbonyl (C=O) groups excluding carboxylic acids is 1. The molecule has 6 nitrogen and oxygen atoms in total. The van der Waals surface area contributed by atoms with Crippen LogP contribution in [0.5, 0.6) is 0 Å². The zero-order valence-corrected chi connectivity index (χ0v) is 15.5. The van der Waals surface area contributed by atoms with Crippen molar-refractivity contribution >= 4 is 45.2 Å². The molecule has 0 saturated heterocycles. The topological polar surface area (TPSA) is 75.6 Å². The molecule has 2 N–H and O–H groups in total. The Morgan fingerprint density at radius 3 is 2.88 bits per heavy atom. The number of rotatable bonds is 3. The number of carbonyl (C=O) groups is 1. The van der Waals surface area contributed by atoms with Crippen molar-refractivity contribution in [2.45, 2.75) is 6.92 Å². The van der Waals surface area contributed by atoms with Crippen LogP contribution in [-0.4, -0.2) is 25.9 Å². The number of aromatic nitrogens is 4. The number of hydrogen-bond acceptors (Lipinski definition) is 3. The summed E-state index contributed by atoms with van der Waals surface area (Å²) in [6.45, 7) is 2.01. The quantitative estimate of drug-likeness (QED) is 0.472. The van der Waals surface area contributed by atoms with Gasteiger partial charge in [0.25, 0.3) is 5.91 Å². The van der Waals surface area contributed by atoms with Crippen LogP contribution in [0.4, 0.5) is 5.82 Å². The molecule has 2 heterocycles. The van der Waals surface area contributed by atoms with E-state index in [0.717, 1.165) is 25.7 Å². The molecule has 4 aromatic rings. The number of para-hydroxylation sites is 1. The number of aromatic amines is 1. The zero-order chi connectivity index (χ0) is 17.4. The van der Waals surface area contributed by atoms with E-state index in [1.54, 1.807) is 17.1 Å². The molecular formula is C18H14IN5O. The molecule has 0 fully saturated rings. The van der Waals surface area contributed by atoms with E-state index in [1.807, 2.05) is 49.4 Å². The molecule has 0 radical (unpaired) electrons. The third-order valence-corrected chi connectivity index (χ3v) is 4.88. The van der Waals surface area contributed by atoms with Crippen LogP contribution in [0.1, 0.15) is 15.9 Å². The SMILES string of the molecule is Cc1ccccc1-n1cc(C(=O)Nc2n[nH]c3cccc(I)c23)cn1. The van der Waals surface area contributed by atoms with Crippen LogP contribution in [0.3, 0.4) is 0 Å². The first-order valence-corrected chi connectivity index (χ1v) is 8.76. The van der Waals surface area contributed by atoms with Crippen LogP contribution in [0, 0.1) is 10.5 Å². The van der Waals surface area contributed by atoms with Gasteiger partial charge in [-0.15, -0.1) is 0 Å². The minimum absolute atomic E-state index is 0.243. The van der Waals surface area contributed by atoms with E-state index < -0.39 is 0 Å².